The lowest BCUT2D eigenvalue weighted by molar-refractivity contribution is 0.102. The number of piperazine rings is 1. The molecule has 1 aliphatic rings. The van der Waals surface area contributed by atoms with Crippen LogP contribution in [0.2, 0.25) is 0 Å². The second-order valence-corrected chi connectivity index (χ2v) is 6.87. The molecule has 1 saturated heterocycles. The predicted octanol–water partition coefficient (Wildman–Crippen LogP) is 3.46. The Morgan fingerprint density at radius 3 is 2.38 bits per heavy atom. The highest BCUT2D eigenvalue weighted by atomic mass is 32.1. The van der Waals surface area contributed by atoms with E-state index in [0.717, 1.165) is 60.9 Å². The smallest absolute Gasteiger partial charge is 0.243 e. The molecule has 1 fully saturated rings. The van der Waals surface area contributed by atoms with Crippen molar-refractivity contribution in [3.63, 3.8) is 0 Å². The van der Waals surface area contributed by atoms with Gasteiger partial charge in [0.25, 0.3) is 0 Å². The van der Waals surface area contributed by atoms with Crippen LogP contribution in [0, 0.1) is 16.9 Å². The quantitative estimate of drug-likeness (QED) is 0.566. The second kappa shape index (κ2) is 7.97. The van der Waals surface area contributed by atoms with Gasteiger partial charge in [0.05, 0.1) is 0 Å². The fraction of sp³-hybridized carbons (Fsp3) is 0.263. The van der Waals surface area contributed by atoms with E-state index in [9.17, 15) is 13.6 Å². The van der Waals surface area contributed by atoms with Crippen LogP contribution in [0.3, 0.4) is 0 Å². The Balaban J connectivity index is 1.89. The van der Waals surface area contributed by atoms with Crippen molar-refractivity contribution in [3.8, 4) is 0 Å². The summed E-state index contributed by atoms with van der Waals surface area (Å²) in [5.74, 6) is -1.91. The Morgan fingerprint density at radius 2 is 1.77 bits per heavy atom. The standard InChI is InChI=1S/C19H20F2N3OS/c1-12(26)13-6-14(8-18(7-13)24-4-2-22-3-5-24)19(25)23-17-10-15(20)9-16(21)11-17/h6-11,22,26H,2-5H2,1H3,(H,23,25)/q-1. The number of carbonyl (C=O) groups excluding carboxylic acids is 1. The number of rotatable bonds is 4. The molecule has 2 N–H and O–H groups in total. The SMILES string of the molecule is C[C-](S)c1cc(C(=O)Nc2cc(F)cc(F)c2)cc(N2CCNCC2)c1. The maximum Gasteiger partial charge on any atom is 0.243 e. The highest BCUT2D eigenvalue weighted by molar-refractivity contribution is 7.83. The molecule has 0 spiro atoms. The van der Waals surface area contributed by atoms with Crippen LogP contribution >= 0.6 is 12.6 Å². The van der Waals surface area contributed by atoms with Gasteiger partial charge in [-0.15, -0.1) is 17.4 Å². The number of anilines is 2. The zero-order chi connectivity index (χ0) is 18.7. The van der Waals surface area contributed by atoms with Gasteiger partial charge in [-0.3, -0.25) is 4.79 Å². The summed E-state index contributed by atoms with van der Waals surface area (Å²) in [7, 11) is 0. The lowest BCUT2D eigenvalue weighted by Gasteiger charge is -2.33. The third-order valence-corrected chi connectivity index (χ3v) is 4.46. The van der Waals surface area contributed by atoms with E-state index >= 15 is 0 Å². The van der Waals surface area contributed by atoms with Crippen molar-refractivity contribution >= 4 is 29.9 Å². The molecule has 0 bridgehead atoms. The maximum absolute atomic E-state index is 13.3. The van der Waals surface area contributed by atoms with E-state index in [0.29, 0.717) is 5.56 Å². The van der Waals surface area contributed by atoms with Crippen molar-refractivity contribution in [2.45, 2.75) is 6.92 Å². The fourth-order valence-corrected chi connectivity index (χ4v) is 3.02. The zero-order valence-corrected chi connectivity index (χ0v) is 15.2. The van der Waals surface area contributed by atoms with E-state index in [2.05, 4.69) is 28.2 Å². The largest absolute Gasteiger partial charge is 0.379 e. The Hall–Kier alpha value is -2.25. The monoisotopic (exact) mass is 376 g/mol. The second-order valence-electron chi connectivity index (χ2n) is 6.20. The van der Waals surface area contributed by atoms with Gasteiger partial charge in [0.2, 0.25) is 5.91 Å². The molecule has 3 rings (SSSR count). The van der Waals surface area contributed by atoms with E-state index in [4.69, 9.17) is 0 Å². The van der Waals surface area contributed by atoms with Gasteiger partial charge in [-0.05, 0) is 23.4 Å². The minimum Gasteiger partial charge on any atom is -0.379 e. The number of halogens is 2. The molecule has 4 nitrogen and oxygen atoms in total. The molecule has 0 unspecified atom stereocenters. The van der Waals surface area contributed by atoms with Gasteiger partial charge in [0, 0.05) is 37.9 Å². The summed E-state index contributed by atoms with van der Waals surface area (Å²) < 4.78 is 26.7. The Morgan fingerprint density at radius 1 is 1.12 bits per heavy atom. The Labute approximate surface area is 157 Å². The summed E-state index contributed by atoms with van der Waals surface area (Å²) in [6.45, 7) is 5.27. The van der Waals surface area contributed by atoms with Crippen molar-refractivity contribution in [2.24, 2.45) is 0 Å². The Bertz CT molecular complexity index is 787. The molecule has 1 amide bonds. The van der Waals surface area contributed by atoms with Crippen LogP contribution in [0.4, 0.5) is 20.2 Å². The molecule has 138 valence electrons. The first-order valence-corrected chi connectivity index (χ1v) is 8.78. The normalized spacial score (nSPS) is 14.2. The number of carbonyl (C=O) groups is 1. The molecule has 2 aromatic rings. The summed E-state index contributed by atoms with van der Waals surface area (Å²) >= 11 is 4.40. The highest BCUT2D eigenvalue weighted by Gasteiger charge is 2.13. The molecule has 26 heavy (non-hydrogen) atoms. The van der Waals surface area contributed by atoms with Crippen molar-refractivity contribution in [1.82, 2.24) is 5.32 Å². The van der Waals surface area contributed by atoms with E-state index in [1.54, 1.807) is 12.1 Å². The number of amides is 1. The van der Waals surface area contributed by atoms with Gasteiger partial charge in [-0.2, -0.15) is 5.56 Å². The number of hydrogen-bond donors (Lipinski definition) is 3. The first-order valence-electron chi connectivity index (χ1n) is 8.33. The molecule has 7 heteroatoms. The van der Waals surface area contributed by atoms with Gasteiger partial charge in [0.1, 0.15) is 11.6 Å². The van der Waals surface area contributed by atoms with Crippen LogP contribution in [0.5, 0.6) is 0 Å². The Kier molecular flexibility index (Phi) is 5.68. The summed E-state index contributed by atoms with van der Waals surface area (Å²) in [5, 5.41) is 6.63. The lowest BCUT2D eigenvalue weighted by atomic mass is 10.0. The minimum absolute atomic E-state index is 0.0770. The van der Waals surface area contributed by atoms with Gasteiger partial charge < -0.3 is 15.5 Å². The number of nitrogens with zero attached hydrogens (tertiary/aromatic N) is 1. The fourth-order valence-electron chi connectivity index (χ4n) is 2.89. The summed E-state index contributed by atoms with van der Waals surface area (Å²) in [4.78, 5) is 14.8. The van der Waals surface area contributed by atoms with Gasteiger partial charge in [-0.25, -0.2) is 21.4 Å². The summed E-state index contributed by atoms with van der Waals surface area (Å²) in [6.07, 6.45) is 0. The lowest BCUT2D eigenvalue weighted by Crippen LogP contribution is -2.43. The molecular weight excluding hydrogens is 356 g/mol. The first kappa shape index (κ1) is 18.5. The molecule has 0 aliphatic carbocycles. The van der Waals surface area contributed by atoms with E-state index in [1.165, 1.54) is 0 Å². The minimum atomic E-state index is -0.741. The third-order valence-electron chi connectivity index (χ3n) is 4.20. The third kappa shape index (κ3) is 4.47. The van der Waals surface area contributed by atoms with Crippen LogP contribution in [-0.4, -0.2) is 32.1 Å². The first-order chi connectivity index (χ1) is 12.4. The molecular formula is C19H20F2N3OS-. The summed E-state index contributed by atoms with van der Waals surface area (Å²) in [5.41, 5.74) is 2.25. The number of nitrogens with one attached hydrogen (secondary N) is 2. The van der Waals surface area contributed by atoms with E-state index in [1.807, 2.05) is 13.0 Å². The average Bonchev–Trinajstić information content (AvgIpc) is 2.61. The molecule has 2 aromatic carbocycles. The molecule has 1 aliphatic heterocycles. The summed E-state index contributed by atoms with van der Waals surface area (Å²) in [6, 6.07) is 8.43. The molecule has 0 aromatic heterocycles. The number of benzene rings is 2. The molecule has 0 radical (unpaired) electrons. The van der Waals surface area contributed by atoms with Crippen molar-refractivity contribution in [1.29, 1.82) is 0 Å². The van der Waals surface area contributed by atoms with Crippen molar-refractivity contribution in [3.05, 3.63) is 64.4 Å². The topological polar surface area (TPSA) is 44.4 Å². The highest BCUT2D eigenvalue weighted by Crippen LogP contribution is 2.27. The van der Waals surface area contributed by atoms with Crippen LogP contribution < -0.4 is 15.5 Å². The van der Waals surface area contributed by atoms with Gasteiger partial charge in [-0.1, -0.05) is 13.0 Å². The van der Waals surface area contributed by atoms with E-state index in [-0.39, 0.29) is 5.69 Å². The van der Waals surface area contributed by atoms with Crippen LogP contribution in [0.15, 0.2) is 36.4 Å². The van der Waals surface area contributed by atoms with Crippen LogP contribution in [0.25, 0.3) is 0 Å². The van der Waals surface area contributed by atoms with E-state index < -0.39 is 17.5 Å². The molecule has 0 atom stereocenters. The van der Waals surface area contributed by atoms with Crippen molar-refractivity contribution < 1.29 is 13.6 Å². The van der Waals surface area contributed by atoms with Gasteiger partial charge >= 0.3 is 0 Å². The van der Waals surface area contributed by atoms with Crippen LogP contribution in [-0.2, 0) is 0 Å². The van der Waals surface area contributed by atoms with Crippen LogP contribution in [0.1, 0.15) is 22.8 Å². The number of thiol groups is 1. The zero-order valence-electron chi connectivity index (χ0n) is 14.4. The molecule has 0 saturated carbocycles. The van der Waals surface area contributed by atoms with Gasteiger partial charge in [0.15, 0.2) is 0 Å². The van der Waals surface area contributed by atoms with Crippen molar-refractivity contribution in [2.75, 3.05) is 36.4 Å². The average molecular weight is 376 g/mol. The predicted molar refractivity (Wildman–Crippen MR) is 103 cm³/mol. The number of hydrogen-bond acceptors (Lipinski definition) is 4. The molecule has 1 heterocycles. The maximum atomic E-state index is 13.3.